The molecular formula is C11H11BrN4O. The number of halogens is 1. The summed E-state index contributed by atoms with van der Waals surface area (Å²) in [6.07, 6.45) is 3.13. The summed E-state index contributed by atoms with van der Waals surface area (Å²) in [5.74, 6) is 0.597. The Morgan fingerprint density at radius 1 is 1.41 bits per heavy atom. The average molecular weight is 295 g/mol. The van der Waals surface area contributed by atoms with Gasteiger partial charge in [-0.3, -0.25) is 9.78 Å². The van der Waals surface area contributed by atoms with Gasteiger partial charge in [-0.2, -0.15) is 0 Å². The molecule has 0 atom stereocenters. The fraction of sp³-hybridized carbons (Fsp3) is 0.182. The van der Waals surface area contributed by atoms with Crippen LogP contribution in [0.1, 0.15) is 5.69 Å². The molecule has 0 aliphatic rings. The van der Waals surface area contributed by atoms with Crippen molar-refractivity contribution in [1.82, 2.24) is 15.0 Å². The number of aromatic amines is 1. The largest absolute Gasteiger partial charge is 0.353 e. The fourth-order valence-corrected chi connectivity index (χ4v) is 1.97. The molecule has 2 heterocycles. The fourth-order valence-electron chi connectivity index (χ4n) is 1.45. The molecule has 2 aromatic rings. The van der Waals surface area contributed by atoms with Gasteiger partial charge in [0, 0.05) is 13.2 Å². The Morgan fingerprint density at radius 2 is 2.24 bits per heavy atom. The van der Waals surface area contributed by atoms with Crippen LogP contribution in [0.4, 0.5) is 5.82 Å². The molecule has 0 spiro atoms. The van der Waals surface area contributed by atoms with Crippen LogP contribution in [0.3, 0.4) is 0 Å². The second-order valence-corrected chi connectivity index (χ2v) is 4.34. The highest BCUT2D eigenvalue weighted by atomic mass is 79.9. The van der Waals surface area contributed by atoms with Crippen molar-refractivity contribution in [3.63, 3.8) is 0 Å². The Kier molecular flexibility index (Phi) is 3.53. The molecule has 0 saturated carbocycles. The number of hydrogen-bond donors (Lipinski definition) is 1. The van der Waals surface area contributed by atoms with Gasteiger partial charge in [0.1, 0.15) is 10.3 Å². The van der Waals surface area contributed by atoms with Crippen LogP contribution < -0.4 is 10.5 Å². The summed E-state index contributed by atoms with van der Waals surface area (Å²) in [4.78, 5) is 24.1. The summed E-state index contributed by atoms with van der Waals surface area (Å²) in [5.41, 5.74) is 0.729. The van der Waals surface area contributed by atoms with E-state index in [1.165, 1.54) is 6.33 Å². The quantitative estimate of drug-likeness (QED) is 0.933. The highest BCUT2D eigenvalue weighted by molar-refractivity contribution is 9.10. The maximum Gasteiger partial charge on any atom is 0.267 e. The Hall–Kier alpha value is -1.69. The number of rotatable bonds is 3. The van der Waals surface area contributed by atoms with E-state index >= 15 is 0 Å². The standard InChI is InChI=1S/C11H11BrN4O/c1-16(6-8-4-2-3-5-13-8)10-9(12)11(17)15-7-14-10/h2-5,7H,6H2,1H3,(H,14,15,17). The van der Waals surface area contributed by atoms with Crippen molar-refractivity contribution in [2.45, 2.75) is 6.54 Å². The maximum absolute atomic E-state index is 11.4. The van der Waals surface area contributed by atoms with E-state index in [1.54, 1.807) is 6.20 Å². The first-order chi connectivity index (χ1) is 8.18. The number of nitrogens with one attached hydrogen (secondary N) is 1. The van der Waals surface area contributed by atoms with Gasteiger partial charge in [-0.15, -0.1) is 0 Å². The molecule has 6 heteroatoms. The van der Waals surface area contributed by atoms with Gasteiger partial charge in [0.2, 0.25) is 0 Å². The zero-order valence-electron chi connectivity index (χ0n) is 9.22. The number of H-pyrrole nitrogens is 1. The summed E-state index contributed by atoms with van der Waals surface area (Å²) in [5, 5.41) is 0. The van der Waals surface area contributed by atoms with Gasteiger partial charge in [0.25, 0.3) is 5.56 Å². The molecule has 5 nitrogen and oxygen atoms in total. The molecule has 88 valence electrons. The lowest BCUT2D eigenvalue weighted by molar-refractivity contribution is 0.853. The lowest BCUT2D eigenvalue weighted by Crippen LogP contribution is -2.22. The predicted octanol–water partition coefficient (Wildman–Crippen LogP) is 1.56. The van der Waals surface area contributed by atoms with Crippen molar-refractivity contribution in [2.75, 3.05) is 11.9 Å². The van der Waals surface area contributed by atoms with Crippen LogP contribution in [-0.2, 0) is 6.54 Å². The van der Waals surface area contributed by atoms with E-state index in [4.69, 9.17) is 0 Å². The third-order valence-electron chi connectivity index (χ3n) is 2.27. The summed E-state index contributed by atoms with van der Waals surface area (Å²) >= 11 is 3.23. The van der Waals surface area contributed by atoms with Crippen LogP contribution in [0, 0.1) is 0 Å². The van der Waals surface area contributed by atoms with Gasteiger partial charge < -0.3 is 9.88 Å². The van der Waals surface area contributed by atoms with Crippen LogP contribution in [-0.4, -0.2) is 22.0 Å². The molecule has 0 aliphatic heterocycles. The number of nitrogens with zero attached hydrogens (tertiary/aromatic N) is 3. The minimum Gasteiger partial charge on any atom is -0.353 e. The number of hydrogen-bond acceptors (Lipinski definition) is 4. The van der Waals surface area contributed by atoms with E-state index < -0.39 is 0 Å². The Bertz CT molecular complexity index is 555. The van der Waals surface area contributed by atoms with Crippen molar-refractivity contribution in [3.05, 3.63) is 51.2 Å². The third kappa shape index (κ3) is 2.71. The van der Waals surface area contributed by atoms with Crippen LogP contribution in [0.2, 0.25) is 0 Å². The molecule has 0 saturated heterocycles. The molecule has 0 fully saturated rings. The summed E-state index contributed by atoms with van der Waals surface area (Å²) in [6.45, 7) is 0.593. The van der Waals surface area contributed by atoms with Gasteiger partial charge in [-0.1, -0.05) is 6.07 Å². The SMILES string of the molecule is CN(Cc1ccccn1)c1nc[nH]c(=O)c1Br. The highest BCUT2D eigenvalue weighted by Crippen LogP contribution is 2.18. The second-order valence-electron chi connectivity index (χ2n) is 3.55. The van der Waals surface area contributed by atoms with Crippen molar-refractivity contribution >= 4 is 21.7 Å². The van der Waals surface area contributed by atoms with E-state index in [-0.39, 0.29) is 5.56 Å². The van der Waals surface area contributed by atoms with Gasteiger partial charge in [-0.05, 0) is 28.1 Å². The van der Waals surface area contributed by atoms with E-state index in [2.05, 4.69) is 30.9 Å². The molecule has 2 aromatic heterocycles. The van der Waals surface area contributed by atoms with Gasteiger partial charge in [-0.25, -0.2) is 4.98 Å². The molecule has 17 heavy (non-hydrogen) atoms. The average Bonchev–Trinajstić information content (AvgIpc) is 2.34. The topological polar surface area (TPSA) is 61.9 Å². The Morgan fingerprint density at radius 3 is 2.94 bits per heavy atom. The minimum absolute atomic E-state index is 0.192. The lowest BCUT2D eigenvalue weighted by atomic mass is 10.3. The summed E-state index contributed by atoms with van der Waals surface area (Å²) < 4.78 is 0.429. The number of pyridine rings is 1. The first-order valence-corrected chi connectivity index (χ1v) is 5.82. The van der Waals surface area contributed by atoms with E-state index in [0.29, 0.717) is 16.8 Å². The van der Waals surface area contributed by atoms with E-state index in [1.807, 2.05) is 30.1 Å². The molecule has 2 rings (SSSR count). The zero-order valence-corrected chi connectivity index (χ0v) is 10.8. The van der Waals surface area contributed by atoms with Crippen LogP contribution >= 0.6 is 15.9 Å². The summed E-state index contributed by atoms with van der Waals surface area (Å²) in [7, 11) is 1.86. The summed E-state index contributed by atoms with van der Waals surface area (Å²) in [6, 6.07) is 5.72. The van der Waals surface area contributed by atoms with Crippen molar-refractivity contribution in [1.29, 1.82) is 0 Å². The molecule has 0 aromatic carbocycles. The molecule has 0 amide bonds. The smallest absolute Gasteiger partial charge is 0.267 e. The van der Waals surface area contributed by atoms with Gasteiger partial charge >= 0.3 is 0 Å². The van der Waals surface area contributed by atoms with Gasteiger partial charge in [0.05, 0.1) is 18.6 Å². The van der Waals surface area contributed by atoms with Crippen LogP contribution in [0.5, 0.6) is 0 Å². The number of anilines is 1. The predicted molar refractivity (Wildman–Crippen MR) is 68.9 cm³/mol. The Balaban J connectivity index is 2.23. The molecule has 0 radical (unpaired) electrons. The van der Waals surface area contributed by atoms with Crippen molar-refractivity contribution in [2.24, 2.45) is 0 Å². The molecule has 0 bridgehead atoms. The second kappa shape index (κ2) is 5.09. The number of aromatic nitrogens is 3. The van der Waals surface area contributed by atoms with Crippen LogP contribution in [0.15, 0.2) is 40.0 Å². The lowest BCUT2D eigenvalue weighted by Gasteiger charge is -2.18. The maximum atomic E-state index is 11.4. The minimum atomic E-state index is -0.192. The monoisotopic (exact) mass is 294 g/mol. The van der Waals surface area contributed by atoms with Crippen LogP contribution in [0.25, 0.3) is 0 Å². The van der Waals surface area contributed by atoms with Crippen molar-refractivity contribution < 1.29 is 0 Å². The van der Waals surface area contributed by atoms with Gasteiger partial charge in [0.15, 0.2) is 0 Å². The zero-order chi connectivity index (χ0) is 12.3. The first kappa shape index (κ1) is 11.8. The Labute approximate surface area is 107 Å². The molecule has 1 N–H and O–H groups in total. The van der Waals surface area contributed by atoms with E-state index in [0.717, 1.165) is 5.69 Å². The molecular weight excluding hydrogens is 284 g/mol. The first-order valence-electron chi connectivity index (χ1n) is 5.02. The van der Waals surface area contributed by atoms with E-state index in [9.17, 15) is 4.79 Å². The molecule has 0 aliphatic carbocycles. The normalized spacial score (nSPS) is 10.2. The highest BCUT2D eigenvalue weighted by Gasteiger charge is 2.10. The third-order valence-corrected chi connectivity index (χ3v) is 2.98. The van der Waals surface area contributed by atoms with Crippen molar-refractivity contribution in [3.8, 4) is 0 Å². The molecule has 0 unspecified atom stereocenters.